The molecular formula is C11H18N4O2S. The van der Waals surface area contributed by atoms with Gasteiger partial charge in [0.2, 0.25) is 10.1 Å². The number of hydrogen-bond acceptors (Lipinski definition) is 6. The first-order chi connectivity index (χ1) is 8.76. The fourth-order valence-corrected chi connectivity index (χ4v) is 2.90. The number of carbonyl (C=O) groups is 1. The third kappa shape index (κ3) is 2.78. The van der Waals surface area contributed by atoms with E-state index in [0.717, 1.165) is 25.8 Å². The summed E-state index contributed by atoms with van der Waals surface area (Å²) < 4.78 is 0. The molecule has 2 heterocycles. The summed E-state index contributed by atoms with van der Waals surface area (Å²) >= 11 is 1.27. The molecule has 7 heteroatoms. The molecule has 0 spiro atoms. The average Bonchev–Trinajstić information content (AvgIpc) is 2.88. The van der Waals surface area contributed by atoms with Crippen LogP contribution < -0.4 is 5.32 Å². The number of aliphatic hydroxyl groups excluding tert-OH is 1. The summed E-state index contributed by atoms with van der Waals surface area (Å²) in [7, 11) is 1.75. The molecule has 2 rings (SSSR count). The first kappa shape index (κ1) is 13.2. The minimum atomic E-state index is -0.0628. The van der Waals surface area contributed by atoms with Gasteiger partial charge in [-0.05, 0) is 25.7 Å². The summed E-state index contributed by atoms with van der Waals surface area (Å²) in [5.41, 5.74) is 0. The van der Waals surface area contributed by atoms with Crippen LogP contribution in [0.15, 0.2) is 0 Å². The highest BCUT2D eigenvalue weighted by molar-refractivity contribution is 7.17. The summed E-state index contributed by atoms with van der Waals surface area (Å²) in [5, 5.41) is 20.8. The quantitative estimate of drug-likeness (QED) is 0.852. The van der Waals surface area contributed by atoms with E-state index in [1.54, 1.807) is 7.05 Å². The minimum absolute atomic E-state index is 0.0628. The number of nitrogens with zero attached hydrogens (tertiary/aromatic N) is 3. The lowest BCUT2D eigenvalue weighted by Crippen LogP contribution is -2.44. The van der Waals surface area contributed by atoms with Crippen LogP contribution in [0.4, 0.5) is 5.13 Å². The first-order valence-electron chi connectivity index (χ1n) is 6.19. The van der Waals surface area contributed by atoms with Gasteiger partial charge in [0.15, 0.2) is 0 Å². The van der Waals surface area contributed by atoms with Crippen LogP contribution in [0.25, 0.3) is 0 Å². The maximum atomic E-state index is 12.3. The molecule has 1 amide bonds. The number of anilines is 1. The Labute approximate surface area is 110 Å². The summed E-state index contributed by atoms with van der Waals surface area (Å²) in [6.07, 6.45) is 3.74. The van der Waals surface area contributed by atoms with Gasteiger partial charge in [0.25, 0.3) is 5.91 Å². The fraction of sp³-hybridized carbons (Fsp3) is 0.727. The molecule has 18 heavy (non-hydrogen) atoms. The maximum absolute atomic E-state index is 12.3. The van der Waals surface area contributed by atoms with Crippen LogP contribution in [-0.4, -0.2) is 52.4 Å². The van der Waals surface area contributed by atoms with E-state index < -0.39 is 0 Å². The molecule has 0 saturated carbocycles. The molecule has 1 unspecified atom stereocenters. The molecule has 0 aromatic carbocycles. The van der Waals surface area contributed by atoms with Crippen molar-refractivity contribution in [2.45, 2.75) is 31.7 Å². The van der Waals surface area contributed by atoms with E-state index in [-0.39, 0.29) is 18.6 Å². The van der Waals surface area contributed by atoms with Crippen LogP contribution in [0.2, 0.25) is 0 Å². The molecule has 100 valence electrons. The third-order valence-corrected chi connectivity index (χ3v) is 4.10. The lowest BCUT2D eigenvalue weighted by atomic mass is 9.99. The Bertz CT molecular complexity index is 408. The van der Waals surface area contributed by atoms with Gasteiger partial charge in [-0.15, -0.1) is 10.2 Å². The smallest absolute Gasteiger partial charge is 0.285 e. The van der Waals surface area contributed by atoms with E-state index in [9.17, 15) is 4.79 Å². The maximum Gasteiger partial charge on any atom is 0.285 e. The van der Waals surface area contributed by atoms with Crippen molar-refractivity contribution in [1.82, 2.24) is 15.1 Å². The van der Waals surface area contributed by atoms with Gasteiger partial charge >= 0.3 is 0 Å². The third-order valence-electron chi connectivity index (χ3n) is 3.17. The van der Waals surface area contributed by atoms with Crippen LogP contribution in [0.3, 0.4) is 0 Å². The van der Waals surface area contributed by atoms with Gasteiger partial charge in [-0.25, -0.2) is 0 Å². The van der Waals surface area contributed by atoms with Crippen molar-refractivity contribution in [3.8, 4) is 0 Å². The summed E-state index contributed by atoms with van der Waals surface area (Å²) in [6, 6.07) is 0.137. The van der Waals surface area contributed by atoms with Gasteiger partial charge in [-0.1, -0.05) is 11.3 Å². The minimum Gasteiger partial charge on any atom is -0.396 e. The molecule has 1 aliphatic rings. The molecule has 0 bridgehead atoms. The number of nitrogens with one attached hydrogen (secondary N) is 1. The van der Waals surface area contributed by atoms with Gasteiger partial charge in [0, 0.05) is 26.2 Å². The number of aromatic nitrogens is 2. The average molecular weight is 270 g/mol. The first-order valence-corrected chi connectivity index (χ1v) is 7.01. The van der Waals surface area contributed by atoms with Crippen molar-refractivity contribution in [2.75, 3.05) is 25.5 Å². The molecule has 1 fully saturated rings. The Morgan fingerprint density at radius 2 is 2.39 bits per heavy atom. The molecule has 0 radical (unpaired) electrons. The molecule has 2 N–H and O–H groups in total. The highest BCUT2D eigenvalue weighted by Crippen LogP contribution is 2.24. The molecule has 1 atom stereocenters. The normalized spacial score (nSPS) is 19.9. The predicted molar refractivity (Wildman–Crippen MR) is 69.8 cm³/mol. The van der Waals surface area contributed by atoms with Gasteiger partial charge in [-0.2, -0.15) is 0 Å². The van der Waals surface area contributed by atoms with E-state index in [4.69, 9.17) is 5.11 Å². The van der Waals surface area contributed by atoms with Gasteiger partial charge in [0.1, 0.15) is 0 Å². The number of aliphatic hydroxyl groups is 1. The van der Waals surface area contributed by atoms with Gasteiger partial charge in [-0.3, -0.25) is 4.79 Å². The second-order valence-electron chi connectivity index (χ2n) is 4.32. The second kappa shape index (κ2) is 6.10. The lowest BCUT2D eigenvalue weighted by Gasteiger charge is -2.34. The molecular weight excluding hydrogens is 252 g/mol. The van der Waals surface area contributed by atoms with Crippen molar-refractivity contribution >= 4 is 22.4 Å². The largest absolute Gasteiger partial charge is 0.396 e. The van der Waals surface area contributed by atoms with Gasteiger partial charge in [0.05, 0.1) is 0 Å². The Morgan fingerprint density at radius 3 is 3.06 bits per heavy atom. The monoisotopic (exact) mass is 270 g/mol. The van der Waals surface area contributed by atoms with E-state index >= 15 is 0 Å². The van der Waals surface area contributed by atoms with Crippen molar-refractivity contribution in [3.63, 3.8) is 0 Å². The molecule has 6 nitrogen and oxygen atoms in total. The second-order valence-corrected chi connectivity index (χ2v) is 5.30. The highest BCUT2D eigenvalue weighted by atomic mass is 32.1. The van der Waals surface area contributed by atoms with E-state index in [1.165, 1.54) is 11.3 Å². The Hall–Kier alpha value is -1.21. The molecule has 1 saturated heterocycles. The number of carbonyl (C=O) groups excluding carboxylic acids is 1. The van der Waals surface area contributed by atoms with Crippen LogP contribution in [0.5, 0.6) is 0 Å². The van der Waals surface area contributed by atoms with Gasteiger partial charge < -0.3 is 15.3 Å². The van der Waals surface area contributed by atoms with Crippen LogP contribution >= 0.6 is 11.3 Å². The summed E-state index contributed by atoms with van der Waals surface area (Å²) in [6.45, 7) is 0.865. The standard InChI is InChI=1S/C11H18N4O2S/c1-12-11-14-13-9(18-11)10(17)15-6-3-2-4-8(15)5-7-16/h8,16H,2-7H2,1H3,(H,12,14). The fourth-order valence-electron chi connectivity index (χ4n) is 2.25. The number of piperidine rings is 1. The van der Waals surface area contributed by atoms with E-state index in [2.05, 4.69) is 15.5 Å². The van der Waals surface area contributed by atoms with Crippen molar-refractivity contribution < 1.29 is 9.90 Å². The number of hydrogen-bond donors (Lipinski definition) is 2. The number of likely N-dealkylation sites (tertiary alicyclic amines) is 1. The molecule has 0 aliphatic carbocycles. The van der Waals surface area contributed by atoms with Crippen molar-refractivity contribution in [2.24, 2.45) is 0 Å². The van der Waals surface area contributed by atoms with E-state index in [0.29, 0.717) is 16.6 Å². The molecule has 1 aromatic heterocycles. The lowest BCUT2D eigenvalue weighted by molar-refractivity contribution is 0.0573. The molecule has 1 aromatic rings. The van der Waals surface area contributed by atoms with Crippen LogP contribution in [0.1, 0.15) is 35.5 Å². The van der Waals surface area contributed by atoms with E-state index in [1.807, 2.05) is 4.90 Å². The zero-order chi connectivity index (χ0) is 13.0. The molecule has 1 aliphatic heterocycles. The zero-order valence-electron chi connectivity index (χ0n) is 10.4. The SMILES string of the molecule is CNc1nnc(C(=O)N2CCCCC2CCO)s1. The number of rotatable bonds is 4. The summed E-state index contributed by atoms with van der Waals surface area (Å²) in [5.74, 6) is -0.0628. The van der Waals surface area contributed by atoms with Crippen molar-refractivity contribution in [3.05, 3.63) is 5.01 Å². The Balaban J connectivity index is 2.10. The van der Waals surface area contributed by atoms with Crippen LogP contribution in [-0.2, 0) is 0 Å². The highest BCUT2D eigenvalue weighted by Gasteiger charge is 2.29. The Kier molecular flexibility index (Phi) is 4.48. The van der Waals surface area contributed by atoms with Crippen molar-refractivity contribution in [1.29, 1.82) is 0 Å². The summed E-state index contributed by atoms with van der Waals surface area (Å²) in [4.78, 5) is 14.2. The number of amides is 1. The van der Waals surface area contributed by atoms with Crippen LogP contribution in [0, 0.1) is 0 Å². The Morgan fingerprint density at radius 1 is 1.56 bits per heavy atom. The predicted octanol–water partition coefficient (Wildman–Crippen LogP) is 0.957. The zero-order valence-corrected chi connectivity index (χ0v) is 11.2. The topological polar surface area (TPSA) is 78.4 Å².